The van der Waals surface area contributed by atoms with E-state index in [9.17, 15) is 0 Å². The van der Waals surface area contributed by atoms with E-state index in [1.807, 2.05) is 17.4 Å². The molecule has 0 saturated heterocycles. The number of hydrogen-bond acceptors (Lipinski definition) is 2. The second kappa shape index (κ2) is 9.56. The minimum Gasteiger partial charge on any atom is -0.455 e. The van der Waals surface area contributed by atoms with Crippen molar-refractivity contribution in [2.24, 2.45) is 0 Å². The predicted molar refractivity (Wildman–Crippen MR) is 191 cm³/mol. The number of nitrogens with zero attached hydrogens (tertiary/aromatic N) is 1. The lowest BCUT2D eigenvalue weighted by molar-refractivity contribution is 0.670. The Labute approximate surface area is 264 Å². The zero-order valence-electron chi connectivity index (χ0n) is 24.4. The Morgan fingerprint density at radius 3 is 2.29 bits per heavy atom. The van der Waals surface area contributed by atoms with Crippen molar-refractivity contribution in [3.05, 3.63) is 156 Å². The predicted octanol–water partition coefficient (Wildman–Crippen LogP) is 11.9. The van der Waals surface area contributed by atoms with Crippen molar-refractivity contribution >= 4 is 71.2 Å². The van der Waals surface area contributed by atoms with Crippen LogP contribution in [-0.2, 0) is 6.42 Å². The van der Waals surface area contributed by atoms with Crippen LogP contribution in [0.25, 0.3) is 76.7 Å². The number of thiophene rings is 1. The Bertz CT molecular complexity index is 2630. The average Bonchev–Trinajstić information content (AvgIpc) is 3.77. The summed E-state index contributed by atoms with van der Waals surface area (Å²) in [6.45, 7) is 0. The molecule has 3 heteroatoms. The fraction of sp³-hybridized carbons (Fsp3) is 0.0476. The third kappa shape index (κ3) is 3.68. The second-order valence-electron chi connectivity index (χ2n) is 12.0. The van der Waals surface area contributed by atoms with Crippen LogP contribution in [0.2, 0.25) is 0 Å². The first kappa shape index (κ1) is 25.0. The number of benzene rings is 6. The van der Waals surface area contributed by atoms with Crippen LogP contribution in [-0.4, -0.2) is 4.57 Å². The monoisotopic (exact) mass is 593 g/mol. The molecule has 10 rings (SSSR count). The Balaban J connectivity index is 1.23. The first-order valence-corrected chi connectivity index (χ1v) is 16.4. The van der Waals surface area contributed by atoms with Gasteiger partial charge in [0.2, 0.25) is 0 Å². The number of furan rings is 1. The summed E-state index contributed by atoms with van der Waals surface area (Å²) >= 11 is 1.91. The molecule has 1 aliphatic rings. The van der Waals surface area contributed by atoms with Gasteiger partial charge >= 0.3 is 0 Å². The molecule has 212 valence electrons. The highest BCUT2D eigenvalue weighted by Crippen LogP contribution is 2.44. The molecule has 3 heterocycles. The smallest absolute Gasteiger partial charge is 0.143 e. The van der Waals surface area contributed by atoms with Crippen molar-refractivity contribution in [1.82, 2.24) is 4.57 Å². The van der Waals surface area contributed by atoms with Crippen molar-refractivity contribution in [2.75, 3.05) is 0 Å². The quantitative estimate of drug-likeness (QED) is 0.199. The van der Waals surface area contributed by atoms with Crippen LogP contribution in [0, 0.1) is 0 Å². The number of allylic oxidation sites excluding steroid dienone is 1. The topological polar surface area (TPSA) is 18.1 Å². The summed E-state index contributed by atoms with van der Waals surface area (Å²) in [5, 5.41) is 6.16. The Morgan fingerprint density at radius 1 is 0.622 bits per heavy atom. The summed E-state index contributed by atoms with van der Waals surface area (Å²) < 4.78 is 10.4. The molecule has 0 bridgehead atoms. The standard InChI is InChI=1S/C42H27NOS/c1-2-10-26(11-3-1)27-20-22-39-35(24-27)36-25-28(21-23-40(36)45-39)43-37-18-6-4-12-29(37)31-14-8-15-32(41(31)43)34-17-9-16-33-30-13-5-7-19-38(30)44-42(33)34/h1-23,25,27H,24H2. The molecular formula is C42H27NOS. The van der Waals surface area contributed by atoms with Gasteiger partial charge in [0.25, 0.3) is 0 Å². The molecule has 0 aliphatic heterocycles. The number of fused-ring (bicyclic) bond motifs is 9. The molecule has 1 unspecified atom stereocenters. The maximum atomic E-state index is 6.55. The fourth-order valence-corrected chi connectivity index (χ4v) is 8.65. The summed E-state index contributed by atoms with van der Waals surface area (Å²) in [4.78, 5) is 1.38. The van der Waals surface area contributed by atoms with Gasteiger partial charge in [-0.05, 0) is 59.3 Å². The van der Waals surface area contributed by atoms with Crippen LogP contribution >= 0.6 is 11.3 Å². The maximum Gasteiger partial charge on any atom is 0.143 e. The van der Waals surface area contributed by atoms with Crippen LogP contribution < -0.4 is 0 Å². The molecule has 3 aromatic heterocycles. The third-order valence-electron chi connectivity index (χ3n) is 9.58. The van der Waals surface area contributed by atoms with E-state index in [0.29, 0.717) is 5.92 Å². The van der Waals surface area contributed by atoms with Gasteiger partial charge in [-0.2, -0.15) is 0 Å². The molecule has 45 heavy (non-hydrogen) atoms. The van der Waals surface area contributed by atoms with E-state index in [2.05, 4.69) is 144 Å². The van der Waals surface area contributed by atoms with Gasteiger partial charge in [0, 0.05) is 53.9 Å². The van der Waals surface area contributed by atoms with Crippen LogP contribution in [0.1, 0.15) is 21.9 Å². The van der Waals surface area contributed by atoms with Crippen molar-refractivity contribution in [3.63, 3.8) is 0 Å². The van der Waals surface area contributed by atoms with Crippen LogP contribution in [0.3, 0.4) is 0 Å². The largest absolute Gasteiger partial charge is 0.455 e. The lowest BCUT2D eigenvalue weighted by Crippen LogP contribution is -2.04. The van der Waals surface area contributed by atoms with Crippen molar-refractivity contribution in [2.45, 2.75) is 12.3 Å². The summed E-state index contributed by atoms with van der Waals surface area (Å²) in [7, 11) is 0. The summed E-state index contributed by atoms with van der Waals surface area (Å²) in [5.41, 5.74) is 10.6. The lowest BCUT2D eigenvalue weighted by atomic mass is 9.87. The highest BCUT2D eigenvalue weighted by Gasteiger charge is 2.23. The SMILES string of the molecule is C1=CC(c2ccccc2)Cc2c1sc1ccc(-n3c4ccccc4c4cccc(-c5cccc6c5oc5ccccc56)c43)cc21. The lowest BCUT2D eigenvalue weighted by Gasteiger charge is -2.18. The number of aromatic nitrogens is 1. The van der Waals surface area contributed by atoms with E-state index in [1.54, 1.807) is 0 Å². The molecule has 0 amide bonds. The van der Waals surface area contributed by atoms with Crippen molar-refractivity contribution in [1.29, 1.82) is 0 Å². The molecule has 0 spiro atoms. The molecule has 0 saturated carbocycles. The number of para-hydroxylation sites is 4. The molecule has 1 atom stereocenters. The van der Waals surface area contributed by atoms with Gasteiger partial charge in [-0.1, -0.05) is 109 Å². The van der Waals surface area contributed by atoms with Gasteiger partial charge in [0.1, 0.15) is 11.2 Å². The van der Waals surface area contributed by atoms with E-state index in [-0.39, 0.29) is 0 Å². The summed E-state index contributed by atoms with van der Waals surface area (Å²) in [6, 6.07) is 48.3. The van der Waals surface area contributed by atoms with E-state index >= 15 is 0 Å². The molecule has 9 aromatic rings. The Kier molecular flexibility index (Phi) is 5.31. The third-order valence-corrected chi connectivity index (χ3v) is 10.8. The first-order chi connectivity index (χ1) is 22.3. The molecule has 1 aliphatic carbocycles. The van der Waals surface area contributed by atoms with Gasteiger partial charge in [-0.3, -0.25) is 0 Å². The van der Waals surface area contributed by atoms with E-state index < -0.39 is 0 Å². The highest BCUT2D eigenvalue weighted by molar-refractivity contribution is 7.20. The summed E-state index contributed by atoms with van der Waals surface area (Å²) in [5.74, 6) is 0.393. The maximum absolute atomic E-state index is 6.55. The van der Waals surface area contributed by atoms with E-state index in [1.165, 1.54) is 59.1 Å². The van der Waals surface area contributed by atoms with Crippen LogP contribution in [0.5, 0.6) is 0 Å². The fourth-order valence-electron chi connectivity index (χ4n) is 7.52. The average molecular weight is 594 g/mol. The van der Waals surface area contributed by atoms with Gasteiger partial charge in [0.15, 0.2) is 0 Å². The van der Waals surface area contributed by atoms with E-state index in [4.69, 9.17) is 4.42 Å². The van der Waals surface area contributed by atoms with Crippen molar-refractivity contribution < 1.29 is 4.42 Å². The van der Waals surface area contributed by atoms with Crippen LogP contribution in [0.4, 0.5) is 0 Å². The Morgan fingerprint density at radius 2 is 1.38 bits per heavy atom. The molecule has 0 fully saturated rings. The number of rotatable bonds is 3. The minimum absolute atomic E-state index is 0.393. The normalized spacial score (nSPS) is 14.7. The molecular weight excluding hydrogens is 567 g/mol. The van der Waals surface area contributed by atoms with Gasteiger partial charge in [-0.15, -0.1) is 11.3 Å². The molecule has 0 N–H and O–H groups in total. The van der Waals surface area contributed by atoms with Crippen LogP contribution in [0.15, 0.2) is 144 Å². The van der Waals surface area contributed by atoms with Gasteiger partial charge < -0.3 is 8.98 Å². The molecule has 0 radical (unpaired) electrons. The minimum atomic E-state index is 0.393. The first-order valence-electron chi connectivity index (χ1n) is 15.5. The zero-order valence-corrected chi connectivity index (χ0v) is 25.2. The van der Waals surface area contributed by atoms with Gasteiger partial charge in [0.05, 0.1) is 11.0 Å². The highest BCUT2D eigenvalue weighted by atomic mass is 32.1. The number of hydrogen-bond donors (Lipinski definition) is 0. The van der Waals surface area contributed by atoms with Crippen molar-refractivity contribution in [3.8, 4) is 16.8 Å². The molecule has 6 aromatic carbocycles. The zero-order chi connectivity index (χ0) is 29.5. The molecule has 2 nitrogen and oxygen atoms in total. The van der Waals surface area contributed by atoms with Gasteiger partial charge in [-0.25, -0.2) is 0 Å². The Hall–Kier alpha value is -5.38. The second-order valence-corrected chi connectivity index (χ2v) is 13.1. The summed E-state index contributed by atoms with van der Waals surface area (Å²) in [6.07, 6.45) is 5.74. The van der Waals surface area contributed by atoms with E-state index in [0.717, 1.165) is 33.9 Å².